The lowest BCUT2D eigenvalue weighted by molar-refractivity contribution is -0.133. The molecule has 1 aromatic carbocycles. The quantitative estimate of drug-likeness (QED) is 0.850. The van der Waals surface area contributed by atoms with Crippen LogP contribution in [0.3, 0.4) is 0 Å². The Balaban J connectivity index is 1.81. The van der Waals surface area contributed by atoms with Gasteiger partial charge in [0.05, 0.1) is 6.67 Å². The van der Waals surface area contributed by atoms with Crippen molar-refractivity contribution in [3.8, 4) is 0 Å². The molecule has 5 nitrogen and oxygen atoms in total. The standard InChI is InChI=1S/C18H25N3O2/c1-3-18(14-9-5-4-6-10-14)16(22)21(17(23)19-18)13-20(2)15-11-7-8-12-15/h4-6,9-10,15H,3,7-8,11-13H2,1-2H3,(H,19,23)/t18-/m1/s1. The molecule has 0 aromatic heterocycles. The maximum absolute atomic E-state index is 13.0. The van der Waals surface area contributed by atoms with Crippen LogP contribution in [0.5, 0.6) is 0 Å². The zero-order chi connectivity index (χ0) is 16.4. The molecular formula is C18H25N3O2. The molecular weight excluding hydrogens is 290 g/mol. The lowest BCUT2D eigenvalue weighted by Gasteiger charge is -2.29. The van der Waals surface area contributed by atoms with Gasteiger partial charge < -0.3 is 5.32 Å². The van der Waals surface area contributed by atoms with Gasteiger partial charge >= 0.3 is 6.03 Å². The highest BCUT2D eigenvalue weighted by Gasteiger charge is 2.51. The van der Waals surface area contributed by atoms with Crippen LogP contribution in [0.2, 0.25) is 0 Å². The van der Waals surface area contributed by atoms with Crippen molar-refractivity contribution >= 4 is 11.9 Å². The number of carbonyl (C=O) groups is 2. The van der Waals surface area contributed by atoms with E-state index in [1.54, 1.807) is 0 Å². The maximum Gasteiger partial charge on any atom is 0.326 e. The molecule has 1 aliphatic carbocycles. The Kier molecular flexibility index (Phi) is 4.39. The molecule has 1 aliphatic heterocycles. The second-order valence-electron chi connectivity index (χ2n) is 6.62. The average molecular weight is 315 g/mol. The van der Waals surface area contributed by atoms with Gasteiger partial charge in [-0.3, -0.25) is 9.69 Å². The molecule has 0 radical (unpaired) electrons. The van der Waals surface area contributed by atoms with Crippen molar-refractivity contribution in [2.24, 2.45) is 0 Å². The molecule has 1 atom stereocenters. The van der Waals surface area contributed by atoms with Crippen LogP contribution in [0, 0.1) is 0 Å². The zero-order valence-corrected chi connectivity index (χ0v) is 13.9. The van der Waals surface area contributed by atoms with Gasteiger partial charge in [0, 0.05) is 6.04 Å². The second kappa shape index (κ2) is 6.32. The molecule has 1 aromatic rings. The van der Waals surface area contributed by atoms with Crippen molar-refractivity contribution in [1.82, 2.24) is 15.1 Å². The van der Waals surface area contributed by atoms with Crippen molar-refractivity contribution in [2.75, 3.05) is 13.7 Å². The number of imide groups is 1. The molecule has 3 amide bonds. The van der Waals surface area contributed by atoms with Crippen LogP contribution in [-0.2, 0) is 10.3 Å². The van der Waals surface area contributed by atoms with E-state index in [0.29, 0.717) is 19.1 Å². The molecule has 5 heteroatoms. The Morgan fingerprint density at radius 3 is 2.48 bits per heavy atom. The maximum atomic E-state index is 13.0. The Labute approximate surface area is 137 Å². The van der Waals surface area contributed by atoms with Crippen molar-refractivity contribution < 1.29 is 9.59 Å². The molecule has 1 N–H and O–H groups in total. The summed E-state index contributed by atoms with van der Waals surface area (Å²) in [5, 5.41) is 2.94. The van der Waals surface area contributed by atoms with Crippen LogP contribution >= 0.6 is 0 Å². The van der Waals surface area contributed by atoms with Gasteiger partial charge in [-0.2, -0.15) is 0 Å². The number of carbonyl (C=O) groups excluding carboxylic acids is 2. The van der Waals surface area contributed by atoms with Crippen molar-refractivity contribution in [1.29, 1.82) is 0 Å². The van der Waals surface area contributed by atoms with Gasteiger partial charge in [-0.25, -0.2) is 9.69 Å². The molecule has 0 unspecified atom stereocenters. The second-order valence-corrected chi connectivity index (χ2v) is 6.62. The average Bonchev–Trinajstić information content (AvgIpc) is 3.19. The number of rotatable bonds is 5. The largest absolute Gasteiger partial charge is 0.326 e. The van der Waals surface area contributed by atoms with Crippen molar-refractivity contribution in [3.05, 3.63) is 35.9 Å². The van der Waals surface area contributed by atoms with Crippen LogP contribution < -0.4 is 5.32 Å². The van der Waals surface area contributed by atoms with Crippen LogP contribution in [0.15, 0.2) is 30.3 Å². The highest BCUT2D eigenvalue weighted by molar-refractivity contribution is 6.07. The Hall–Kier alpha value is -1.88. The molecule has 2 fully saturated rings. The van der Waals surface area contributed by atoms with Crippen LogP contribution in [0.1, 0.15) is 44.6 Å². The van der Waals surface area contributed by atoms with Crippen molar-refractivity contribution in [3.63, 3.8) is 0 Å². The third-order valence-electron chi connectivity index (χ3n) is 5.29. The SMILES string of the molecule is CC[C@]1(c2ccccc2)NC(=O)N(CN(C)C2CCCC2)C1=O. The Morgan fingerprint density at radius 2 is 1.87 bits per heavy atom. The molecule has 23 heavy (non-hydrogen) atoms. The molecule has 124 valence electrons. The van der Waals surface area contributed by atoms with Gasteiger partial charge in [-0.15, -0.1) is 0 Å². The minimum atomic E-state index is -0.922. The minimum absolute atomic E-state index is 0.138. The fourth-order valence-electron chi connectivity index (χ4n) is 3.80. The zero-order valence-electron chi connectivity index (χ0n) is 13.9. The number of hydrogen-bond donors (Lipinski definition) is 1. The van der Waals surface area contributed by atoms with E-state index in [1.165, 1.54) is 17.7 Å². The van der Waals surface area contributed by atoms with Gasteiger partial charge in [0.1, 0.15) is 5.54 Å². The first-order chi connectivity index (χ1) is 11.1. The molecule has 3 rings (SSSR count). The summed E-state index contributed by atoms with van der Waals surface area (Å²) in [7, 11) is 2.00. The minimum Gasteiger partial charge on any atom is -0.319 e. The number of urea groups is 1. The molecule has 0 spiro atoms. The number of benzene rings is 1. The van der Waals surface area contributed by atoms with E-state index in [1.807, 2.05) is 44.3 Å². The number of nitrogens with one attached hydrogen (secondary N) is 1. The Morgan fingerprint density at radius 1 is 1.22 bits per heavy atom. The summed E-state index contributed by atoms with van der Waals surface area (Å²) in [5.74, 6) is -0.138. The first kappa shape index (κ1) is 16.0. The van der Waals surface area contributed by atoms with Crippen LogP contribution in [0.4, 0.5) is 4.79 Å². The van der Waals surface area contributed by atoms with Gasteiger partial charge in [-0.1, -0.05) is 50.1 Å². The van der Waals surface area contributed by atoms with E-state index in [4.69, 9.17) is 0 Å². The van der Waals surface area contributed by atoms with E-state index >= 15 is 0 Å². The van der Waals surface area contributed by atoms with Crippen LogP contribution in [-0.4, -0.2) is 41.5 Å². The predicted molar refractivity (Wildman–Crippen MR) is 88.7 cm³/mol. The van der Waals surface area contributed by atoms with Gasteiger partial charge in [0.15, 0.2) is 0 Å². The highest BCUT2D eigenvalue weighted by Crippen LogP contribution is 2.33. The third kappa shape index (κ3) is 2.74. The predicted octanol–water partition coefficient (Wildman–Crippen LogP) is 2.68. The summed E-state index contributed by atoms with van der Waals surface area (Å²) >= 11 is 0. The van der Waals surface area contributed by atoms with Gasteiger partial charge in [0.25, 0.3) is 5.91 Å². The number of hydrogen-bond acceptors (Lipinski definition) is 3. The number of nitrogens with zero attached hydrogens (tertiary/aromatic N) is 2. The van der Waals surface area contributed by atoms with E-state index in [9.17, 15) is 9.59 Å². The van der Waals surface area contributed by atoms with Crippen LogP contribution in [0.25, 0.3) is 0 Å². The molecule has 0 bridgehead atoms. The lowest BCUT2D eigenvalue weighted by atomic mass is 9.87. The summed E-state index contributed by atoms with van der Waals surface area (Å²) in [6.07, 6.45) is 5.32. The topological polar surface area (TPSA) is 52.7 Å². The third-order valence-corrected chi connectivity index (χ3v) is 5.29. The van der Waals surface area contributed by atoms with Gasteiger partial charge in [0.2, 0.25) is 0 Å². The molecule has 1 saturated carbocycles. The summed E-state index contributed by atoms with van der Waals surface area (Å²) in [4.78, 5) is 29.0. The Bertz CT molecular complexity index is 583. The summed E-state index contributed by atoms with van der Waals surface area (Å²) in [6, 6.07) is 9.73. The smallest absolute Gasteiger partial charge is 0.319 e. The van der Waals surface area contributed by atoms with E-state index in [-0.39, 0.29) is 11.9 Å². The summed E-state index contributed by atoms with van der Waals surface area (Å²) in [5.41, 5.74) is -0.0682. The fourth-order valence-corrected chi connectivity index (χ4v) is 3.80. The van der Waals surface area contributed by atoms with Gasteiger partial charge in [-0.05, 0) is 31.9 Å². The van der Waals surface area contributed by atoms with E-state index in [0.717, 1.165) is 18.4 Å². The fraction of sp³-hybridized carbons (Fsp3) is 0.556. The van der Waals surface area contributed by atoms with Crippen molar-refractivity contribution in [2.45, 2.75) is 50.6 Å². The normalized spacial score (nSPS) is 25.4. The first-order valence-corrected chi connectivity index (χ1v) is 8.48. The summed E-state index contributed by atoms with van der Waals surface area (Å²) < 4.78 is 0. The summed E-state index contributed by atoms with van der Waals surface area (Å²) in [6.45, 7) is 2.30. The first-order valence-electron chi connectivity index (χ1n) is 8.48. The van der Waals surface area contributed by atoms with E-state index < -0.39 is 5.54 Å². The van der Waals surface area contributed by atoms with E-state index in [2.05, 4.69) is 10.2 Å². The lowest BCUT2D eigenvalue weighted by Crippen LogP contribution is -2.46. The molecule has 1 saturated heterocycles. The highest BCUT2D eigenvalue weighted by atomic mass is 16.2. The monoisotopic (exact) mass is 315 g/mol. The molecule has 2 aliphatic rings. The number of amides is 3. The molecule has 1 heterocycles.